The van der Waals surface area contributed by atoms with Gasteiger partial charge in [0.15, 0.2) is 5.82 Å². The number of rotatable bonds is 4. The summed E-state index contributed by atoms with van der Waals surface area (Å²) in [5, 5.41) is 3.11. The van der Waals surface area contributed by atoms with E-state index in [1.54, 1.807) is 22.7 Å². The number of nitrogens with zero attached hydrogens (tertiary/aromatic N) is 4. The minimum absolute atomic E-state index is 0.180. The van der Waals surface area contributed by atoms with Crippen LogP contribution < -0.4 is 4.90 Å². The Hall–Kier alpha value is -1.99. The van der Waals surface area contributed by atoms with Crippen LogP contribution in [0.25, 0.3) is 20.9 Å². The van der Waals surface area contributed by atoms with Crippen LogP contribution in [0.1, 0.15) is 23.3 Å². The number of carbonyl (C=O) groups excluding carboxylic acids is 1. The molecule has 0 bridgehead atoms. The van der Waals surface area contributed by atoms with Crippen molar-refractivity contribution in [1.29, 1.82) is 0 Å². The summed E-state index contributed by atoms with van der Waals surface area (Å²) in [6.07, 6.45) is 2.22. The van der Waals surface area contributed by atoms with Crippen molar-refractivity contribution in [2.45, 2.75) is 26.7 Å². The van der Waals surface area contributed by atoms with Crippen molar-refractivity contribution in [3.63, 3.8) is 0 Å². The molecular formula is C19H22N4OS2. The fourth-order valence-electron chi connectivity index (χ4n) is 3.36. The number of carbonyl (C=O) groups is 1. The Bertz CT molecular complexity index is 942. The maximum atomic E-state index is 12.6. The minimum Gasteiger partial charge on any atom is -0.350 e. The van der Waals surface area contributed by atoms with Gasteiger partial charge in [-0.25, -0.2) is 9.97 Å². The second-order valence-electron chi connectivity index (χ2n) is 6.76. The van der Waals surface area contributed by atoms with Gasteiger partial charge in [-0.05, 0) is 43.7 Å². The van der Waals surface area contributed by atoms with E-state index in [0.717, 1.165) is 52.7 Å². The van der Waals surface area contributed by atoms with Crippen LogP contribution in [0.3, 0.4) is 0 Å². The van der Waals surface area contributed by atoms with Crippen LogP contribution in [0.15, 0.2) is 17.5 Å². The molecule has 1 fully saturated rings. The molecule has 7 heteroatoms. The molecule has 3 aromatic rings. The van der Waals surface area contributed by atoms with E-state index in [1.165, 1.54) is 10.4 Å². The van der Waals surface area contributed by atoms with Gasteiger partial charge in [0.1, 0.15) is 10.6 Å². The third-order valence-corrected chi connectivity index (χ3v) is 6.91. The van der Waals surface area contributed by atoms with Crippen LogP contribution in [-0.4, -0.2) is 47.5 Å². The quantitative estimate of drug-likeness (QED) is 0.677. The summed E-state index contributed by atoms with van der Waals surface area (Å²) in [4.78, 5) is 29.5. The molecule has 0 aromatic carbocycles. The van der Waals surface area contributed by atoms with E-state index in [-0.39, 0.29) is 5.91 Å². The van der Waals surface area contributed by atoms with Gasteiger partial charge in [-0.3, -0.25) is 4.79 Å². The molecule has 1 aliphatic heterocycles. The first-order valence-corrected chi connectivity index (χ1v) is 10.5. The van der Waals surface area contributed by atoms with Crippen molar-refractivity contribution in [1.82, 2.24) is 14.9 Å². The number of fused-ring (bicyclic) bond motifs is 1. The molecule has 1 amide bonds. The highest BCUT2D eigenvalue weighted by atomic mass is 32.1. The Morgan fingerprint density at radius 1 is 1.27 bits per heavy atom. The third-order valence-electron chi connectivity index (χ3n) is 4.94. The van der Waals surface area contributed by atoms with Gasteiger partial charge in [-0.1, -0.05) is 6.07 Å². The van der Waals surface area contributed by atoms with E-state index < -0.39 is 0 Å². The van der Waals surface area contributed by atoms with E-state index in [0.29, 0.717) is 6.54 Å². The average Bonchev–Trinajstić information content (AvgIpc) is 3.36. The minimum atomic E-state index is 0.180. The zero-order valence-electron chi connectivity index (χ0n) is 15.3. The van der Waals surface area contributed by atoms with Gasteiger partial charge in [0.2, 0.25) is 5.91 Å². The molecule has 0 aliphatic carbocycles. The topological polar surface area (TPSA) is 49.3 Å². The first kappa shape index (κ1) is 17.4. The summed E-state index contributed by atoms with van der Waals surface area (Å²) in [5.74, 6) is 1.77. The lowest BCUT2D eigenvalue weighted by atomic mass is 10.2. The van der Waals surface area contributed by atoms with Crippen LogP contribution in [0.2, 0.25) is 0 Å². The van der Waals surface area contributed by atoms with E-state index in [1.807, 2.05) is 34.4 Å². The Morgan fingerprint density at radius 2 is 2.04 bits per heavy atom. The van der Waals surface area contributed by atoms with Gasteiger partial charge in [-0.2, -0.15) is 0 Å². The lowest BCUT2D eigenvalue weighted by molar-refractivity contribution is -0.128. The highest BCUT2D eigenvalue weighted by Gasteiger charge is 2.23. The van der Waals surface area contributed by atoms with E-state index in [2.05, 4.69) is 13.8 Å². The van der Waals surface area contributed by atoms with Gasteiger partial charge in [0.25, 0.3) is 0 Å². The number of aryl methyl sites for hydroxylation is 2. The molecule has 1 saturated heterocycles. The van der Waals surface area contributed by atoms with Crippen LogP contribution >= 0.6 is 22.7 Å². The zero-order chi connectivity index (χ0) is 18.3. The summed E-state index contributed by atoms with van der Waals surface area (Å²) in [7, 11) is 1.96. The van der Waals surface area contributed by atoms with Crippen molar-refractivity contribution < 1.29 is 4.79 Å². The molecule has 136 valence electrons. The number of hydrogen-bond acceptors (Lipinski definition) is 6. The Labute approximate surface area is 161 Å². The number of thiophene rings is 2. The molecule has 3 aromatic heterocycles. The number of aromatic nitrogens is 2. The SMILES string of the molecule is Cc1sc2nc(-c3cccs3)nc(N(C)CC(=O)N3CCCC3)c2c1C. The van der Waals surface area contributed by atoms with Crippen molar-refractivity contribution in [2.75, 3.05) is 31.6 Å². The molecule has 0 unspecified atom stereocenters. The summed E-state index contributed by atoms with van der Waals surface area (Å²) in [6, 6.07) is 4.05. The maximum Gasteiger partial charge on any atom is 0.242 e. The molecular weight excluding hydrogens is 364 g/mol. The lowest BCUT2D eigenvalue weighted by Crippen LogP contribution is -2.37. The normalized spacial score (nSPS) is 14.3. The summed E-state index contributed by atoms with van der Waals surface area (Å²) in [6.45, 7) is 6.34. The highest BCUT2D eigenvalue weighted by molar-refractivity contribution is 7.19. The Morgan fingerprint density at radius 3 is 2.73 bits per heavy atom. The van der Waals surface area contributed by atoms with Gasteiger partial charge in [-0.15, -0.1) is 22.7 Å². The van der Waals surface area contributed by atoms with Crippen LogP contribution in [0.4, 0.5) is 5.82 Å². The fourth-order valence-corrected chi connectivity index (χ4v) is 5.05. The number of amides is 1. The molecule has 0 radical (unpaired) electrons. The molecule has 4 heterocycles. The fraction of sp³-hybridized carbons (Fsp3) is 0.421. The molecule has 0 spiro atoms. The Balaban J connectivity index is 1.75. The number of anilines is 1. The first-order chi connectivity index (χ1) is 12.5. The lowest BCUT2D eigenvalue weighted by Gasteiger charge is -2.23. The van der Waals surface area contributed by atoms with Gasteiger partial charge >= 0.3 is 0 Å². The largest absolute Gasteiger partial charge is 0.350 e. The summed E-state index contributed by atoms with van der Waals surface area (Å²) >= 11 is 3.33. The molecule has 0 atom stereocenters. The average molecular weight is 387 g/mol. The molecule has 0 N–H and O–H groups in total. The monoisotopic (exact) mass is 386 g/mol. The zero-order valence-corrected chi connectivity index (χ0v) is 16.9. The predicted octanol–water partition coefficient (Wildman–Crippen LogP) is 4.10. The smallest absolute Gasteiger partial charge is 0.242 e. The molecule has 0 saturated carbocycles. The second kappa shape index (κ2) is 6.96. The number of likely N-dealkylation sites (N-methyl/N-ethyl adjacent to an activating group) is 1. The number of likely N-dealkylation sites (tertiary alicyclic amines) is 1. The summed E-state index contributed by atoms with van der Waals surface area (Å²) in [5.41, 5.74) is 1.21. The first-order valence-electron chi connectivity index (χ1n) is 8.85. The van der Waals surface area contributed by atoms with Crippen molar-refractivity contribution in [3.05, 3.63) is 28.0 Å². The van der Waals surface area contributed by atoms with Gasteiger partial charge < -0.3 is 9.80 Å². The number of hydrogen-bond donors (Lipinski definition) is 0. The van der Waals surface area contributed by atoms with Gasteiger partial charge in [0.05, 0.1) is 16.8 Å². The van der Waals surface area contributed by atoms with Gasteiger partial charge in [0, 0.05) is 25.0 Å². The molecule has 5 nitrogen and oxygen atoms in total. The van der Waals surface area contributed by atoms with Crippen LogP contribution in [-0.2, 0) is 4.79 Å². The van der Waals surface area contributed by atoms with Crippen molar-refractivity contribution in [3.8, 4) is 10.7 Å². The second-order valence-corrected chi connectivity index (χ2v) is 8.91. The maximum absolute atomic E-state index is 12.6. The van der Waals surface area contributed by atoms with Crippen LogP contribution in [0.5, 0.6) is 0 Å². The highest BCUT2D eigenvalue weighted by Crippen LogP contribution is 2.37. The summed E-state index contributed by atoms with van der Waals surface area (Å²) < 4.78 is 0. The van der Waals surface area contributed by atoms with E-state index in [4.69, 9.17) is 9.97 Å². The Kier molecular flexibility index (Phi) is 4.67. The van der Waals surface area contributed by atoms with Crippen molar-refractivity contribution in [2.24, 2.45) is 0 Å². The van der Waals surface area contributed by atoms with E-state index >= 15 is 0 Å². The molecule has 1 aliphatic rings. The molecule has 4 rings (SSSR count). The third kappa shape index (κ3) is 3.10. The van der Waals surface area contributed by atoms with Crippen LogP contribution in [0, 0.1) is 13.8 Å². The predicted molar refractivity (Wildman–Crippen MR) is 109 cm³/mol. The molecule has 26 heavy (non-hydrogen) atoms. The van der Waals surface area contributed by atoms with E-state index in [9.17, 15) is 4.79 Å². The standard InChI is InChI=1S/C19H22N4OS2/c1-12-13(2)26-19-16(12)18(20-17(21-19)14-7-6-10-25-14)22(3)11-15(24)23-8-4-5-9-23/h6-7,10H,4-5,8-9,11H2,1-3H3. The van der Waals surface area contributed by atoms with Crippen molar-refractivity contribution >= 4 is 44.6 Å².